The van der Waals surface area contributed by atoms with Gasteiger partial charge in [-0.05, 0) is 43.5 Å². The van der Waals surface area contributed by atoms with Gasteiger partial charge in [0.2, 0.25) is 0 Å². The van der Waals surface area contributed by atoms with E-state index in [1.54, 1.807) is 7.11 Å². The molecule has 5 heteroatoms. The highest BCUT2D eigenvalue weighted by Crippen LogP contribution is 2.28. The van der Waals surface area contributed by atoms with E-state index in [1.807, 2.05) is 35.2 Å². The number of benzene rings is 2. The maximum absolute atomic E-state index is 13.3. The van der Waals surface area contributed by atoms with Gasteiger partial charge in [0, 0.05) is 42.2 Å². The smallest absolute Gasteiger partial charge is 0.270 e. The van der Waals surface area contributed by atoms with Crippen LogP contribution in [0.25, 0.3) is 10.9 Å². The second kappa shape index (κ2) is 9.08. The van der Waals surface area contributed by atoms with Crippen molar-refractivity contribution >= 4 is 16.8 Å². The first-order valence-corrected chi connectivity index (χ1v) is 10.6. The van der Waals surface area contributed by atoms with Gasteiger partial charge in [-0.15, -0.1) is 0 Å². The Hall–Kier alpha value is -3.21. The average Bonchev–Trinajstić information content (AvgIpc) is 3.24. The third kappa shape index (κ3) is 4.20. The van der Waals surface area contributed by atoms with Crippen molar-refractivity contribution in [2.75, 3.05) is 13.7 Å². The lowest BCUT2D eigenvalue weighted by molar-refractivity contribution is 0.0669. The van der Waals surface area contributed by atoms with Crippen molar-refractivity contribution in [1.82, 2.24) is 15.2 Å². The van der Waals surface area contributed by atoms with Crippen molar-refractivity contribution in [2.45, 2.75) is 38.8 Å². The lowest BCUT2D eigenvalue weighted by atomic mass is 9.96. The van der Waals surface area contributed by atoms with E-state index in [-0.39, 0.29) is 11.9 Å². The molecule has 1 heterocycles. The number of methoxy groups -OCH3 is 1. The Morgan fingerprint density at radius 3 is 2.80 bits per heavy atom. The molecular weight excluding hydrogens is 374 g/mol. The predicted octanol–water partition coefficient (Wildman–Crippen LogP) is 4.86. The SMILES string of the molecule is CCN(C(=O)c1cc2c(OC)cccc2[nH]1)C1CCC=C(NCc2ccccc2)C1. The van der Waals surface area contributed by atoms with Gasteiger partial charge in [-0.1, -0.05) is 42.5 Å². The molecule has 0 bridgehead atoms. The molecule has 4 rings (SSSR count). The fourth-order valence-corrected chi connectivity index (χ4v) is 4.25. The summed E-state index contributed by atoms with van der Waals surface area (Å²) in [6.07, 6.45) is 5.09. The number of aromatic nitrogens is 1. The number of nitrogens with one attached hydrogen (secondary N) is 2. The van der Waals surface area contributed by atoms with Gasteiger partial charge in [-0.25, -0.2) is 0 Å². The molecule has 1 aromatic heterocycles. The molecular formula is C25H29N3O2. The van der Waals surface area contributed by atoms with Crippen LogP contribution in [0.5, 0.6) is 5.75 Å². The number of ether oxygens (including phenoxy) is 1. The van der Waals surface area contributed by atoms with E-state index in [0.717, 1.165) is 42.5 Å². The number of hydrogen-bond acceptors (Lipinski definition) is 3. The number of fused-ring (bicyclic) bond motifs is 1. The zero-order valence-electron chi connectivity index (χ0n) is 17.7. The van der Waals surface area contributed by atoms with E-state index in [9.17, 15) is 4.79 Å². The van der Waals surface area contributed by atoms with Crippen LogP contribution in [0.15, 0.2) is 66.4 Å². The van der Waals surface area contributed by atoms with Crippen LogP contribution < -0.4 is 10.1 Å². The highest BCUT2D eigenvalue weighted by atomic mass is 16.5. The minimum absolute atomic E-state index is 0.0464. The minimum Gasteiger partial charge on any atom is -0.496 e. The molecule has 5 nitrogen and oxygen atoms in total. The predicted molar refractivity (Wildman–Crippen MR) is 121 cm³/mol. The summed E-state index contributed by atoms with van der Waals surface area (Å²) >= 11 is 0. The number of carbonyl (C=O) groups excluding carboxylic acids is 1. The van der Waals surface area contributed by atoms with Gasteiger partial charge in [0.05, 0.1) is 7.11 Å². The molecule has 0 saturated carbocycles. The number of nitrogens with zero attached hydrogens (tertiary/aromatic N) is 1. The van der Waals surface area contributed by atoms with Gasteiger partial charge in [-0.3, -0.25) is 4.79 Å². The molecule has 1 atom stereocenters. The molecule has 0 spiro atoms. The highest BCUT2D eigenvalue weighted by molar-refractivity contribution is 5.99. The molecule has 1 unspecified atom stereocenters. The zero-order valence-corrected chi connectivity index (χ0v) is 17.7. The van der Waals surface area contributed by atoms with Gasteiger partial charge in [-0.2, -0.15) is 0 Å². The van der Waals surface area contributed by atoms with Crippen molar-refractivity contribution in [3.8, 4) is 5.75 Å². The lowest BCUT2D eigenvalue weighted by Gasteiger charge is -2.34. The van der Waals surface area contributed by atoms with Crippen molar-refractivity contribution in [3.05, 3.63) is 77.6 Å². The molecule has 0 aliphatic heterocycles. The first kappa shape index (κ1) is 20.1. The molecule has 0 saturated heterocycles. The minimum atomic E-state index is 0.0464. The van der Waals surface area contributed by atoms with Crippen molar-refractivity contribution in [3.63, 3.8) is 0 Å². The summed E-state index contributed by atoms with van der Waals surface area (Å²) in [7, 11) is 1.65. The molecule has 0 fully saturated rings. The number of carbonyl (C=O) groups is 1. The summed E-state index contributed by atoms with van der Waals surface area (Å²) in [5, 5.41) is 4.50. The van der Waals surface area contributed by atoms with Gasteiger partial charge in [0.1, 0.15) is 11.4 Å². The standard InChI is InChI=1S/C25H29N3O2/c1-3-28(25(29)23-16-21-22(27-23)13-8-14-24(21)30-2)20-12-7-11-19(15-20)26-17-18-9-5-4-6-10-18/h4-6,8-11,13-14,16,20,26-27H,3,7,12,15,17H2,1-2H3. The average molecular weight is 404 g/mol. The Labute approximate surface area is 177 Å². The lowest BCUT2D eigenvalue weighted by Crippen LogP contribution is -2.42. The second-order valence-corrected chi connectivity index (χ2v) is 7.70. The molecule has 3 aromatic rings. The first-order chi connectivity index (χ1) is 14.7. The fraction of sp³-hybridized carbons (Fsp3) is 0.320. The topological polar surface area (TPSA) is 57.4 Å². The Bertz CT molecular complexity index is 1040. The van der Waals surface area contributed by atoms with Crippen LogP contribution in [0.4, 0.5) is 0 Å². The van der Waals surface area contributed by atoms with Crippen LogP contribution in [0.2, 0.25) is 0 Å². The van der Waals surface area contributed by atoms with Gasteiger partial charge >= 0.3 is 0 Å². The van der Waals surface area contributed by atoms with Crippen LogP contribution in [0, 0.1) is 0 Å². The van der Waals surface area contributed by atoms with Crippen LogP contribution in [0.1, 0.15) is 42.2 Å². The second-order valence-electron chi connectivity index (χ2n) is 7.70. The van der Waals surface area contributed by atoms with Gasteiger partial charge < -0.3 is 19.9 Å². The summed E-state index contributed by atoms with van der Waals surface area (Å²) in [5.41, 5.74) is 4.02. The van der Waals surface area contributed by atoms with Crippen LogP contribution in [0.3, 0.4) is 0 Å². The molecule has 2 N–H and O–H groups in total. The number of hydrogen-bond donors (Lipinski definition) is 2. The van der Waals surface area contributed by atoms with E-state index >= 15 is 0 Å². The van der Waals surface area contributed by atoms with E-state index in [1.165, 1.54) is 11.3 Å². The zero-order chi connectivity index (χ0) is 20.9. The van der Waals surface area contributed by atoms with Crippen molar-refractivity contribution in [1.29, 1.82) is 0 Å². The van der Waals surface area contributed by atoms with Crippen LogP contribution >= 0.6 is 0 Å². The normalized spacial score (nSPS) is 16.2. The quantitative estimate of drug-likeness (QED) is 0.592. The molecule has 1 aliphatic rings. The number of rotatable bonds is 7. The maximum Gasteiger partial charge on any atom is 0.270 e. The Morgan fingerprint density at radius 1 is 1.20 bits per heavy atom. The molecule has 2 aromatic carbocycles. The summed E-state index contributed by atoms with van der Waals surface area (Å²) in [5.74, 6) is 0.823. The third-order valence-corrected chi connectivity index (χ3v) is 5.83. The van der Waals surface area contributed by atoms with Crippen molar-refractivity contribution in [2.24, 2.45) is 0 Å². The van der Waals surface area contributed by atoms with E-state index in [0.29, 0.717) is 12.2 Å². The van der Waals surface area contributed by atoms with E-state index in [4.69, 9.17) is 4.74 Å². The van der Waals surface area contributed by atoms with E-state index in [2.05, 4.69) is 47.6 Å². The summed E-state index contributed by atoms with van der Waals surface area (Å²) in [4.78, 5) is 18.6. The Balaban J connectivity index is 1.47. The molecule has 1 amide bonds. The largest absolute Gasteiger partial charge is 0.496 e. The Kier molecular flexibility index (Phi) is 6.07. The summed E-state index contributed by atoms with van der Waals surface area (Å²) in [6, 6.07) is 18.3. The van der Waals surface area contributed by atoms with Crippen LogP contribution in [-0.4, -0.2) is 35.5 Å². The molecule has 0 radical (unpaired) electrons. The number of H-pyrrole nitrogens is 1. The Morgan fingerprint density at radius 2 is 2.03 bits per heavy atom. The summed E-state index contributed by atoms with van der Waals surface area (Å²) in [6.45, 7) is 3.54. The number of aromatic amines is 1. The number of amides is 1. The van der Waals surface area contributed by atoms with Crippen molar-refractivity contribution < 1.29 is 9.53 Å². The van der Waals surface area contributed by atoms with Crippen LogP contribution in [-0.2, 0) is 6.54 Å². The monoisotopic (exact) mass is 403 g/mol. The van der Waals surface area contributed by atoms with Gasteiger partial charge in [0.25, 0.3) is 5.91 Å². The molecule has 1 aliphatic carbocycles. The number of allylic oxidation sites excluding steroid dienone is 1. The first-order valence-electron chi connectivity index (χ1n) is 10.6. The fourth-order valence-electron chi connectivity index (χ4n) is 4.25. The van der Waals surface area contributed by atoms with E-state index < -0.39 is 0 Å². The maximum atomic E-state index is 13.3. The highest BCUT2D eigenvalue weighted by Gasteiger charge is 2.27. The summed E-state index contributed by atoms with van der Waals surface area (Å²) < 4.78 is 5.44. The molecule has 156 valence electrons. The third-order valence-electron chi connectivity index (χ3n) is 5.83. The molecule has 30 heavy (non-hydrogen) atoms. The van der Waals surface area contributed by atoms with Gasteiger partial charge in [0.15, 0.2) is 0 Å².